The normalized spacial score (nSPS) is 17.5. The van der Waals surface area contributed by atoms with Crippen LogP contribution in [0.15, 0.2) is 0 Å². The summed E-state index contributed by atoms with van der Waals surface area (Å²) < 4.78 is 25.0. The Hall–Kier alpha value is 0.0700. The van der Waals surface area contributed by atoms with E-state index in [0.717, 1.165) is 6.42 Å². The number of nitrogens with one attached hydrogen (secondary N) is 1. The van der Waals surface area contributed by atoms with Crippen LogP contribution in [0.1, 0.15) is 26.7 Å². The molecule has 0 heterocycles. The summed E-state index contributed by atoms with van der Waals surface area (Å²) in [5, 5.41) is -3.27. The molecule has 0 spiro atoms. The minimum Gasteiger partial charge on any atom is -0.271 e. The van der Waals surface area contributed by atoms with E-state index >= 15 is 0 Å². The molecule has 2 atom stereocenters. The SMILES string of the molecule is CCC(C)CC(NN)C(F)(F)Cl. The zero-order chi connectivity index (χ0) is 9.78. The van der Waals surface area contributed by atoms with E-state index in [0.29, 0.717) is 0 Å². The minimum absolute atomic E-state index is 0.190. The lowest BCUT2D eigenvalue weighted by Crippen LogP contribution is -2.46. The molecule has 0 fully saturated rings. The van der Waals surface area contributed by atoms with E-state index in [-0.39, 0.29) is 12.3 Å². The van der Waals surface area contributed by atoms with E-state index in [1.807, 2.05) is 19.3 Å². The molecule has 0 aliphatic rings. The Morgan fingerprint density at radius 3 is 2.33 bits per heavy atom. The predicted octanol–water partition coefficient (Wildman–Crippen LogP) is 2.09. The van der Waals surface area contributed by atoms with Gasteiger partial charge in [0.15, 0.2) is 0 Å². The molecule has 2 nitrogen and oxygen atoms in total. The first-order valence-corrected chi connectivity index (χ1v) is 4.32. The maximum Gasteiger partial charge on any atom is 0.338 e. The van der Waals surface area contributed by atoms with Crippen LogP contribution in [0.4, 0.5) is 8.78 Å². The highest BCUT2D eigenvalue weighted by molar-refractivity contribution is 6.22. The lowest BCUT2D eigenvalue weighted by atomic mass is 10.00. The molecular formula is C7H15ClF2N2. The highest BCUT2D eigenvalue weighted by Gasteiger charge is 2.36. The fourth-order valence-electron chi connectivity index (χ4n) is 0.865. The van der Waals surface area contributed by atoms with Crippen LogP contribution in [0.2, 0.25) is 0 Å². The van der Waals surface area contributed by atoms with Gasteiger partial charge in [0.2, 0.25) is 0 Å². The van der Waals surface area contributed by atoms with E-state index in [4.69, 9.17) is 17.4 Å². The largest absolute Gasteiger partial charge is 0.338 e. The first-order chi connectivity index (χ1) is 5.41. The monoisotopic (exact) mass is 200 g/mol. The van der Waals surface area contributed by atoms with Gasteiger partial charge in [-0.2, -0.15) is 8.78 Å². The Bertz CT molecular complexity index is 127. The second kappa shape index (κ2) is 4.94. The van der Waals surface area contributed by atoms with E-state index in [9.17, 15) is 8.78 Å². The van der Waals surface area contributed by atoms with Crippen molar-refractivity contribution in [3.63, 3.8) is 0 Å². The smallest absolute Gasteiger partial charge is 0.271 e. The molecule has 0 saturated heterocycles. The third-order valence-corrected chi connectivity index (χ3v) is 2.19. The third-order valence-electron chi connectivity index (χ3n) is 1.93. The standard InChI is InChI=1S/C7H15ClF2N2/c1-3-5(2)4-6(12-11)7(8,9)10/h5-6,12H,3-4,11H2,1-2H3. The van der Waals surface area contributed by atoms with Crippen molar-refractivity contribution in [1.29, 1.82) is 0 Å². The first kappa shape index (κ1) is 12.1. The van der Waals surface area contributed by atoms with Crippen molar-refractivity contribution in [2.24, 2.45) is 11.8 Å². The molecular weight excluding hydrogens is 186 g/mol. The Morgan fingerprint density at radius 1 is 1.58 bits per heavy atom. The number of halogens is 3. The van der Waals surface area contributed by atoms with E-state index in [1.165, 1.54) is 0 Å². The van der Waals surface area contributed by atoms with Gasteiger partial charge < -0.3 is 0 Å². The average Bonchev–Trinajstić information content (AvgIpc) is 1.97. The number of hydrazine groups is 1. The van der Waals surface area contributed by atoms with Crippen LogP contribution >= 0.6 is 11.6 Å². The number of hydrogen-bond donors (Lipinski definition) is 2. The van der Waals surface area contributed by atoms with Gasteiger partial charge in [0.1, 0.15) is 0 Å². The molecule has 5 heteroatoms. The van der Waals surface area contributed by atoms with Crippen LogP contribution in [0.25, 0.3) is 0 Å². The average molecular weight is 201 g/mol. The lowest BCUT2D eigenvalue weighted by Gasteiger charge is -2.23. The molecule has 0 aromatic rings. The fourth-order valence-corrected chi connectivity index (χ4v) is 1.02. The third kappa shape index (κ3) is 4.18. The molecule has 0 aliphatic carbocycles. The molecule has 3 N–H and O–H groups in total. The maximum absolute atomic E-state index is 12.5. The van der Waals surface area contributed by atoms with E-state index in [2.05, 4.69) is 0 Å². The summed E-state index contributed by atoms with van der Waals surface area (Å²) in [4.78, 5) is 0. The quantitative estimate of drug-likeness (QED) is 0.405. The summed E-state index contributed by atoms with van der Waals surface area (Å²) in [6.45, 7) is 3.82. The highest BCUT2D eigenvalue weighted by Crippen LogP contribution is 2.27. The van der Waals surface area contributed by atoms with Gasteiger partial charge in [0.25, 0.3) is 0 Å². The molecule has 0 aromatic carbocycles. The summed E-state index contributed by atoms with van der Waals surface area (Å²) in [6.07, 6.45) is 1.12. The number of hydrogen-bond acceptors (Lipinski definition) is 2. The van der Waals surface area contributed by atoms with Gasteiger partial charge in [-0.1, -0.05) is 20.3 Å². The van der Waals surface area contributed by atoms with Crippen molar-refractivity contribution in [2.45, 2.75) is 38.1 Å². The molecule has 0 bridgehead atoms. The fraction of sp³-hybridized carbons (Fsp3) is 1.00. The highest BCUT2D eigenvalue weighted by atomic mass is 35.5. The number of rotatable bonds is 5. The Morgan fingerprint density at radius 2 is 2.08 bits per heavy atom. The van der Waals surface area contributed by atoms with Gasteiger partial charge in [0, 0.05) is 0 Å². The van der Waals surface area contributed by atoms with Gasteiger partial charge in [-0.15, -0.1) is 0 Å². The molecule has 0 rings (SSSR count). The Labute approximate surface area is 76.4 Å². The van der Waals surface area contributed by atoms with Crippen LogP contribution in [-0.4, -0.2) is 11.4 Å². The van der Waals surface area contributed by atoms with Crippen LogP contribution in [-0.2, 0) is 0 Å². The van der Waals surface area contributed by atoms with Crippen molar-refractivity contribution >= 4 is 11.6 Å². The zero-order valence-corrected chi connectivity index (χ0v) is 8.04. The maximum atomic E-state index is 12.5. The second-order valence-corrected chi connectivity index (χ2v) is 3.51. The minimum atomic E-state index is -3.27. The van der Waals surface area contributed by atoms with Crippen molar-refractivity contribution in [1.82, 2.24) is 5.43 Å². The van der Waals surface area contributed by atoms with Gasteiger partial charge in [-0.25, -0.2) is 5.43 Å². The number of nitrogens with two attached hydrogens (primary N) is 1. The van der Waals surface area contributed by atoms with Crippen LogP contribution in [0.5, 0.6) is 0 Å². The van der Waals surface area contributed by atoms with Crippen molar-refractivity contribution in [2.75, 3.05) is 0 Å². The number of alkyl halides is 3. The summed E-state index contributed by atoms with van der Waals surface area (Å²) >= 11 is 4.82. The first-order valence-electron chi connectivity index (χ1n) is 3.94. The second-order valence-electron chi connectivity index (χ2n) is 3.01. The lowest BCUT2D eigenvalue weighted by molar-refractivity contribution is 0.0405. The Kier molecular flexibility index (Phi) is 4.97. The van der Waals surface area contributed by atoms with Gasteiger partial charge in [0.05, 0.1) is 6.04 Å². The summed E-state index contributed by atoms with van der Waals surface area (Å²) in [7, 11) is 0. The predicted molar refractivity (Wildman–Crippen MR) is 46.0 cm³/mol. The van der Waals surface area contributed by atoms with Crippen molar-refractivity contribution < 1.29 is 8.78 Å². The Balaban J connectivity index is 4.00. The van der Waals surface area contributed by atoms with Crippen LogP contribution in [0.3, 0.4) is 0 Å². The summed E-state index contributed by atoms with van der Waals surface area (Å²) in [5.74, 6) is 5.14. The molecule has 0 amide bonds. The molecule has 0 radical (unpaired) electrons. The molecule has 74 valence electrons. The van der Waals surface area contributed by atoms with Crippen LogP contribution in [0, 0.1) is 5.92 Å². The van der Waals surface area contributed by atoms with E-state index in [1.54, 1.807) is 0 Å². The zero-order valence-electron chi connectivity index (χ0n) is 7.28. The summed E-state index contributed by atoms with van der Waals surface area (Å²) in [5.41, 5.74) is 2.03. The van der Waals surface area contributed by atoms with Gasteiger partial charge in [-0.05, 0) is 23.9 Å². The molecule has 0 aromatic heterocycles. The molecule has 12 heavy (non-hydrogen) atoms. The molecule has 2 unspecified atom stereocenters. The van der Waals surface area contributed by atoms with Gasteiger partial charge in [-0.3, -0.25) is 5.84 Å². The van der Waals surface area contributed by atoms with E-state index < -0.39 is 11.4 Å². The van der Waals surface area contributed by atoms with Crippen LogP contribution < -0.4 is 11.3 Å². The van der Waals surface area contributed by atoms with Crippen molar-refractivity contribution in [3.05, 3.63) is 0 Å². The topological polar surface area (TPSA) is 38.0 Å². The molecule has 0 aliphatic heterocycles. The molecule has 0 saturated carbocycles. The van der Waals surface area contributed by atoms with Gasteiger partial charge >= 0.3 is 5.38 Å². The summed E-state index contributed by atoms with van der Waals surface area (Å²) in [6, 6.07) is -1.14. The van der Waals surface area contributed by atoms with Crippen molar-refractivity contribution in [3.8, 4) is 0 Å².